The summed E-state index contributed by atoms with van der Waals surface area (Å²) < 4.78 is 22.7. The molecule has 258 valence electrons. The number of carboxylic acid groups (broad SMARTS) is 1. The fraction of sp³-hybridized carbons (Fsp3) is 0.225. The van der Waals surface area contributed by atoms with Gasteiger partial charge in [-0.05, 0) is 66.8 Å². The lowest BCUT2D eigenvalue weighted by molar-refractivity contribution is -0.307. The minimum absolute atomic E-state index is 0.0799. The summed E-state index contributed by atoms with van der Waals surface area (Å²) in [5.74, 6) is -3.87. The van der Waals surface area contributed by atoms with Gasteiger partial charge >= 0.3 is 5.97 Å². The maximum atomic E-state index is 15.3. The lowest BCUT2D eigenvalue weighted by atomic mass is 9.94. The van der Waals surface area contributed by atoms with Crippen LogP contribution in [-0.2, 0) is 11.3 Å². The molecule has 0 radical (unpaired) electrons. The van der Waals surface area contributed by atoms with E-state index in [1.165, 1.54) is 18.2 Å². The van der Waals surface area contributed by atoms with E-state index in [1.54, 1.807) is 54.6 Å². The summed E-state index contributed by atoms with van der Waals surface area (Å²) in [6.45, 7) is 4.00. The molecule has 0 saturated heterocycles. The number of nitrogens with one attached hydrogen (secondary N) is 1. The van der Waals surface area contributed by atoms with Crippen molar-refractivity contribution in [3.8, 4) is 28.1 Å². The Morgan fingerprint density at radius 3 is 2.08 bits per heavy atom. The maximum Gasteiger partial charge on any atom is 0.343 e. The highest BCUT2D eigenvalue weighted by molar-refractivity contribution is 6.12. The molecule has 1 heterocycles. The van der Waals surface area contributed by atoms with E-state index in [2.05, 4.69) is 5.32 Å². The zero-order valence-corrected chi connectivity index (χ0v) is 27.7. The van der Waals surface area contributed by atoms with Gasteiger partial charge in [-0.2, -0.15) is 0 Å². The number of para-hydroxylation sites is 1. The summed E-state index contributed by atoms with van der Waals surface area (Å²) in [5.41, 5.74) is 3.99. The number of ether oxygens (including phenoxy) is 1. The van der Waals surface area contributed by atoms with Crippen LogP contribution in [0.15, 0.2) is 109 Å². The molecule has 0 unspecified atom stereocenters. The minimum atomic E-state index is -1.43. The Hall–Kier alpha value is -5.58. The average molecular weight is 678 g/mol. The van der Waals surface area contributed by atoms with Crippen LogP contribution < -0.4 is 15.2 Å². The lowest BCUT2D eigenvalue weighted by Gasteiger charge is -2.21. The number of rotatable bonds is 14. The highest BCUT2D eigenvalue weighted by atomic mass is 19.1. The maximum absolute atomic E-state index is 15.3. The predicted molar refractivity (Wildman–Crippen MR) is 186 cm³/mol. The SMILES string of the molecule is CC(C)c1c(C(=O)Nc2ccccc2)c(-c2ccccc2)c(-c2ccc(F)c(OC(=O)c3ccccc3)c2)n1CC[C@@H](O)C[C@@H](O)CC(=O)[O-]. The van der Waals surface area contributed by atoms with E-state index in [9.17, 15) is 29.7 Å². The molecule has 3 N–H and O–H groups in total. The van der Waals surface area contributed by atoms with Crippen molar-refractivity contribution in [1.29, 1.82) is 0 Å². The summed E-state index contributed by atoms with van der Waals surface area (Å²) in [6, 6.07) is 30.6. The number of aliphatic hydroxyl groups excluding tert-OH is 2. The lowest BCUT2D eigenvalue weighted by Crippen LogP contribution is -2.29. The van der Waals surface area contributed by atoms with Crippen LogP contribution >= 0.6 is 0 Å². The Morgan fingerprint density at radius 2 is 1.46 bits per heavy atom. The molecular formula is C40H38FN2O7-. The van der Waals surface area contributed by atoms with Gasteiger partial charge in [-0.15, -0.1) is 0 Å². The van der Waals surface area contributed by atoms with Gasteiger partial charge in [-0.3, -0.25) is 4.79 Å². The predicted octanol–water partition coefficient (Wildman–Crippen LogP) is 6.20. The smallest absolute Gasteiger partial charge is 0.343 e. The van der Waals surface area contributed by atoms with Gasteiger partial charge in [0.2, 0.25) is 0 Å². The number of anilines is 1. The van der Waals surface area contributed by atoms with E-state index in [-0.39, 0.29) is 42.5 Å². The zero-order valence-electron chi connectivity index (χ0n) is 27.7. The van der Waals surface area contributed by atoms with Crippen LogP contribution in [0.3, 0.4) is 0 Å². The molecule has 5 rings (SSSR count). The number of benzene rings is 4. The normalized spacial score (nSPS) is 12.4. The number of amides is 1. The van der Waals surface area contributed by atoms with E-state index in [0.29, 0.717) is 39.3 Å². The van der Waals surface area contributed by atoms with Crippen molar-refractivity contribution in [2.75, 3.05) is 5.32 Å². The Bertz CT molecular complexity index is 1940. The second-order valence-corrected chi connectivity index (χ2v) is 12.3. The van der Waals surface area contributed by atoms with Crippen molar-refractivity contribution >= 4 is 23.5 Å². The molecule has 0 aliphatic rings. The number of aromatic nitrogens is 1. The van der Waals surface area contributed by atoms with Crippen molar-refractivity contribution in [2.45, 2.75) is 57.8 Å². The third kappa shape index (κ3) is 8.52. The van der Waals surface area contributed by atoms with Crippen molar-refractivity contribution < 1.29 is 38.8 Å². The first-order chi connectivity index (χ1) is 24.0. The fourth-order valence-corrected chi connectivity index (χ4v) is 6.05. The summed E-state index contributed by atoms with van der Waals surface area (Å²) in [4.78, 5) is 38.3. The van der Waals surface area contributed by atoms with Crippen LogP contribution in [0.25, 0.3) is 22.4 Å². The van der Waals surface area contributed by atoms with Crippen molar-refractivity contribution in [3.63, 3.8) is 0 Å². The molecule has 5 aromatic rings. The highest BCUT2D eigenvalue weighted by Crippen LogP contribution is 2.43. The van der Waals surface area contributed by atoms with Crippen LogP contribution in [0.1, 0.15) is 65.4 Å². The monoisotopic (exact) mass is 677 g/mol. The molecule has 0 bridgehead atoms. The number of esters is 1. The number of nitrogens with zero attached hydrogens (tertiary/aromatic N) is 1. The first-order valence-electron chi connectivity index (χ1n) is 16.3. The second-order valence-electron chi connectivity index (χ2n) is 12.3. The molecule has 1 aromatic heterocycles. The van der Waals surface area contributed by atoms with Gasteiger partial charge in [0.15, 0.2) is 11.6 Å². The van der Waals surface area contributed by atoms with Crippen LogP contribution in [-0.4, -0.2) is 44.8 Å². The van der Waals surface area contributed by atoms with Gasteiger partial charge in [0.25, 0.3) is 5.91 Å². The number of aliphatic carboxylic acids is 1. The Morgan fingerprint density at radius 1 is 0.840 bits per heavy atom. The summed E-state index contributed by atoms with van der Waals surface area (Å²) >= 11 is 0. The van der Waals surface area contributed by atoms with E-state index in [0.717, 1.165) is 0 Å². The minimum Gasteiger partial charge on any atom is -0.550 e. The van der Waals surface area contributed by atoms with Crippen molar-refractivity contribution in [3.05, 3.63) is 132 Å². The topological polar surface area (TPSA) is 141 Å². The molecule has 0 aliphatic carbocycles. The van der Waals surface area contributed by atoms with Crippen LogP contribution in [0, 0.1) is 5.82 Å². The van der Waals surface area contributed by atoms with E-state index in [4.69, 9.17) is 4.74 Å². The molecule has 0 fully saturated rings. The van der Waals surface area contributed by atoms with Gasteiger partial charge in [0.05, 0.1) is 29.0 Å². The average Bonchev–Trinajstić information content (AvgIpc) is 3.45. The number of carboxylic acids is 1. The van der Waals surface area contributed by atoms with Crippen LogP contribution in [0.4, 0.5) is 10.1 Å². The van der Waals surface area contributed by atoms with Gasteiger partial charge in [0.1, 0.15) is 0 Å². The Labute approximate surface area is 289 Å². The largest absolute Gasteiger partial charge is 0.550 e. The molecule has 0 spiro atoms. The molecule has 2 atom stereocenters. The second kappa shape index (κ2) is 16.2. The van der Waals surface area contributed by atoms with Crippen LogP contribution in [0.5, 0.6) is 5.75 Å². The van der Waals surface area contributed by atoms with Crippen molar-refractivity contribution in [2.24, 2.45) is 0 Å². The number of halogens is 1. The van der Waals surface area contributed by atoms with Crippen molar-refractivity contribution in [1.82, 2.24) is 4.57 Å². The Balaban J connectivity index is 1.70. The van der Waals surface area contributed by atoms with E-state index >= 15 is 4.39 Å². The van der Waals surface area contributed by atoms with Gasteiger partial charge < -0.3 is 34.7 Å². The standard InChI is InChI=1S/C40H39FN2O7/c1-25(2)37-36(39(48)42-29-16-10-5-11-17-29)35(26-12-6-3-7-13-26)38(43(37)21-20-30(44)23-31(45)24-34(46)47)28-18-19-32(41)33(22-28)50-40(49)27-14-8-4-9-15-27/h3-19,22,25,30-31,44-45H,20-21,23-24H2,1-2H3,(H,42,48)(H,46,47)/p-1/t30-,31-/m1/s1. The number of aliphatic hydroxyl groups is 2. The number of carbonyl (C=O) groups is 3. The first-order valence-corrected chi connectivity index (χ1v) is 16.3. The molecule has 0 aliphatic heterocycles. The quantitative estimate of drug-likeness (QED) is 0.0939. The van der Waals surface area contributed by atoms with Gasteiger partial charge in [-0.1, -0.05) is 80.6 Å². The number of hydrogen-bond acceptors (Lipinski definition) is 7. The van der Waals surface area contributed by atoms with Gasteiger partial charge in [-0.25, -0.2) is 9.18 Å². The molecule has 4 aromatic carbocycles. The molecule has 50 heavy (non-hydrogen) atoms. The molecule has 10 heteroatoms. The molecular weight excluding hydrogens is 639 g/mol. The molecule has 1 amide bonds. The third-order valence-corrected chi connectivity index (χ3v) is 8.22. The van der Waals surface area contributed by atoms with Gasteiger partial charge in [0, 0.05) is 41.4 Å². The van der Waals surface area contributed by atoms with Crippen LogP contribution in [0.2, 0.25) is 0 Å². The Kier molecular flexibility index (Phi) is 11.6. The first kappa shape index (κ1) is 35.7. The van der Waals surface area contributed by atoms with E-state index < -0.39 is 36.4 Å². The number of carbonyl (C=O) groups excluding carboxylic acids is 3. The summed E-state index contributed by atoms with van der Waals surface area (Å²) in [5, 5.41) is 35.1. The third-order valence-electron chi connectivity index (χ3n) is 8.22. The molecule has 9 nitrogen and oxygen atoms in total. The highest BCUT2D eigenvalue weighted by Gasteiger charge is 2.31. The fourth-order valence-electron chi connectivity index (χ4n) is 6.05. The zero-order chi connectivity index (χ0) is 35.8. The molecule has 0 saturated carbocycles. The summed E-state index contributed by atoms with van der Waals surface area (Å²) in [6.07, 6.45) is -3.15. The van der Waals surface area contributed by atoms with E-state index in [1.807, 2.05) is 54.8 Å². The number of hydrogen-bond donors (Lipinski definition) is 3. The summed E-state index contributed by atoms with van der Waals surface area (Å²) in [7, 11) is 0.